The summed E-state index contributed by atoms with van der Waals surface area (Å²) in [6.07, 6.45) is -1.06. The Hall–Kier alpha value is -2.38. The number of carbonyl (C=O) groups is 1. The maximum atomic E-state index is 13.9. The zero-order chi connectivity index (χ0) is 21.6. The molecule has 3 aliphatic rings. The minimum absolute atomic E-state index is 0.0467. The molecule has 2 fully saturated rings. The van der Waals surface area contributed by atoms with Crippen LogP contribution in [-0.4, -0.2) is 37.1 Å². The number of halogens is 3. The molecule has 2 aliphatic heterocycles. The number of benzene rings is 2. The lowest BCUT2D eigenvalue weighted by Crippen LogP contribution is -2.35. The third-order valence-corrected chi connectivity index (χ3v) is 6.68. The standard InChI is InChI=1S/C24H25F3N2O2/c25-24(26,27)22-12-16(14-28-7-9-31-10-8-28)11-20-21(22)15-29(23(20)30)19-6-2-5-18(13-19)17-3-1-4-17/h2,5-6,11-13,17H,1,3-4,7-10,14-15H2. The van der Waals surface area contributed by atoms with Crippen LogP contribution in [0.25, 0.3) is 0 Å². The maximum absolute atomic E-state index is 13.9. The van der Waals surface area contributed by atoms with Gasteiger partial charge in [0.15, 0.2) is 0 Å². The van der Waals surface area contributed by atoms with Gasteiger partial charge < -0.3 is 9.64 Å². The van der Waals surface area contributed by atoms with E-state index in [2.05, 4.69) is 4.90 Å². The summed E-state index contributed by atoms with van der Waals surface area (Å²) in [5.74, 6) is 0.140. The van der Waals surface area contributed by atoms with Gasteiger partial charge in [-0.25, -0.2) is 0 Å². The first-order chi connectivity index (χ1) is 14.9. The van der Waals surface area contributed by atoms with Crippen molar-refractivity contribution in [3.8, 4) is 0 Å². The molecule has 0 spiro atoms. The van der Waals surface area contributed by atoms with Crippen LogP contribution in [0.4, 0.5) is 18.9 Å². The number of fused-ring (bicyclic) bond motifs is 1. The van der Waals surface area contributed by atoms with E-state index in [1.54, 1.807) is 6.07 Å². The summed E-state index contributed by atoms with van der Waals surface area (Å²) >= 11 is 0. The molecule has 0 unspecified atom stereocenters. The van der Waals surface area contributed by atoms with Gasteiger partial charge >= 0.3 is 6.18 Å². The molecule has 2 aromatic carbocycles. The molecule has 2 aromatic rings. The minimum Gasteiger partial charge on any atom is -0.379 e. The van der Waals surface area contributed by atoms with Crippen molar-refractivity contribution >= 4 is 11.6 Å². The number of carbonyl (C=O) groups excluding carboxylic acids is 1. The topological polar surface area (TPSA) is 32.8 Å². The fourth-order valence-corrected chi connectivity index (χ4v) is 4.73. The fraction of sp³-hybridized carbons (Fsp3) is 0.458. The molecule has 2 heterocycles. The zero-order valence-electron chi connectivity index (χ0n) is 17.3. The Morgan fingerprint density at radius 2 is 1.84 bits per heavy atom. The van der Waals surface area contributed by atoms with E-state index in [-0.39, 0.29) is 23.6 Å². The van der Waals surface area contributed by atoms with Crippen LogP contribution < -0.4 is 4.90 Å². The number of hydrogen-bond donors (Lipinski definition) is 0. The Labute approximate surface area is 179 Å². The molecular weight excluding hydrogens is 405 g/mol. The second kappa shape index (κ2) is 7.95. The van der Waals surface area contributed by atoms with Gasteiger partial charge in [-0.15, -0.1) is 0 Å². The highest BCUT2D eigenvalue weighted by atomic mass is 19.4. The fourth-order valence-electron chi connectivity index (χ4n) is 4.73. The highest BCUT2D eigenvalue weighted by molar-refractivity contribution is 6.10. The van der Waals surface area contributed by atoms with Gasteiger partial charge in [-0.2, -0.15) is 13.2 Å². The Bertz CT molecular complexity index is 995. The summed E-state index contributed by atoms with van der Waals surface area (Å²) in [6, 6.07) is 10.6. The normalized spacial score (nSPS) is 20.1. The second-order valence-electron chi connectivity index (χ2n) is 8.67. The average Bonchev–Trinajstić information content (AvgIpc) is 3.03. The molecular formula is C24H25F3N2O2. The van der Waals surface area contributed by atoms with Gasteiger partial charge in [-0.3, -0.25) is 9.69 Å². The predicted molar refractivity (Wildman–Crippen MR) is 111 cm³/mol. The Morgan fingerprint density at radius 3 is 2.52 bits per heavy atom. The molecule has 1 saturated heterocycles. The van der Waals surface area contributed by atoms with Crippen LogP contribution in [0, 0.1) is 0 Å². The molecule has 0 aromatic heterocycles. The third kappa shape index (κ3) is 3.96. The minimum atomic E-state index is -4.50. The van der Waals surface area contributed by atoms with E-state index in [0.717, 1.165) is 18.4 Å². The van der Waals surface area contributed by atoms with Gasteiger partial charge in [0.05, 0.1) is 25.3 Å². The highest BCUT2D eigenvalue weighted by Crippen LogP contribution is 2.41. The van der Waals surface area contributed by atoms with E-state index in [0.29, 0.717) is 50.0 Å². The molecule has 164 valence electrons. The highest BCUT2D eigenvalue weighted by Gasteiger charge is 2.40. The van der Waals surface area contributed by atoms with Crippen molar-refractivity contribution in [1.29, 1.82) is 0 Å². The molecule has 31 heavy (non-hydrogen) atoms. The summed E-state index contributed by atoms with van der Waals surface area (Å²) < 4.78 is 47.1. The van der Waals surface area contributed by atoms with Gasteiger partial charge in [0.2, 0.25) is 0 Å². The van der Waals surface area contributed by atoms with Crippen LogP contribution in [0.5, 0.6) is 0 Å². The summed E-state index contributed by atoms with van der Waals surface area (Å²) in [6.45, 7) is 2.82. The van der Waals surface area contributed by atoms with Crippen molar-refractivity contribution in [1.82, 2.24) is 4.90 Å². The number of ether oxygens (including phenoxy) is 1. The molecule has 0 bridgehead atoms. The summed E-state index contributed by atoms with van der Waals surface area (Å²) in [4.78, 5) is 16.8. The lowest BCUT2D eigenvalue weighted by Gasteiger charge is -2.27. The quantitative estimate of drug-likeness (QED) is 0.687. The molecule has 0 radical (unpaired) electrons. The van der Waals surface area contributed by atoms with Gasteiger partial charge in [-0.1, -0.05) is 18.6 Å². The lowest BCUT2D eigenvalue weighted by molar-refractivity contribution is -0.138. The van der Waals surface area contributed by atoms with Crippen molar-refractivity contribution in [3.05, 3.63) is 64.2 Å². The lowest BCUT2D eigenvalue weighted by atomic mass is 9.80. The monoisotopic (exact) mass is 430 g/mol. The van der Waals surface area contributed by atoms with Crippen molar-refractivity contribution in [2.45, 2.75) is 44.4 Å². The number of anilines is 1. The van der Waals surface area contributed by atoms with Crippen LogP contribution in [0.2, 0.25) is 0 Å². The van der Waals surface area contributed by atoms with E-state index >= 15 is 0 Å². The average molecular weight is 430 g/mol. The number of morpholine rings is 1. The largest absolute Gasteiger partial charge is 0.416 e. The zero-order valence-corrected chi connectivity index (χ0v) is 17.3. The molecule has 1 amide bonds. The van der Waals surface area contributed by atoms with Gasteiger partial charge in [0.1, 0.15) is 0 Å². The maximum Gasteiger partial charge on any atom is 0.416 e. The summed E-state index contributed by atoms with van der Waals surface area (Å²) in [5.41, 5.74) is 1.92. The van der Waals surface area contributed by atoms with Crippen LogP contribution in [0.15, 0.2) is 36.4 Å². The van der Waals surface area contributed by atoms with E-state index < -0.39 is 11.7 Å². The molecule has 4 nitrogen and oxygen atoms in total. The number of hydrogen-bond acceptors (Lipinski definition) is 3. The molecule has 0 atom stereocenters. The van der Waals surface area contributed by atoms with E-state index in [4.69, 9.17) is 4.74 Å². The first kappa shape index (κ1) is 20.5. The third-order valence-electron chi connectivity index (χ3n) is 6.68. The van der Waals surface area contributed by atoms with Crippen molar-refractivity contribution in [2.75, 3.05) is 31.2 Å². The van der Waals surface area contributed by atoms with Crippen LogP contribution in [-0.2, 0) is 24.0 Å². The SMILES string of the molecule is O=C1c2cc(CN3CCOCC3)cc(C(F)(F)F)c2CN1c1cccc(C2CCC2)c1. The Morgan fingerprint density at radius 1 is 1.06 bits per heavy atom. The molecule has 7 heteroatoms. The van der Waals surface area contributed by atoms with Crippen molar-refractivity contribution < 1.29 is 22.7 Å². The molecule has 1 aliphatic carbocycles. The van der Waals surface area contributed by atoms with Crippen LogP contribution in [0.1, 0.15) is 57.8 Å². The predicted octanol–water partition coefficient (Wildman–Crippen LogP) is 4.97. The Kier molecular flexibility index (Phi) is 5.26. The van der Waals surface area contributed by atoms with Gasteiger partial charge in [0.25, 0.3) is 5.91 Å². The van der Waals surface area contributed by atoms with Crippen molar-refractivity contribution in [2.24, 2.45) is 0 Å². The number of alkyl halides is 3. The van der Waals surface area contributed by atoms with Gasteiger partial charge in [0, 0.05) is 30.9 Å². The van der Waals surface area contributed by atoms with E-state index in [1.165, 1.54) is 17.4 Å². The van der Waals surface area contributed by atoms with E-state index in [1.807, 2.05) is 24.3 Å². The smallest absolute Gasteiger partial charge is 0.379 e. The summed E-state index contributed by atoms with van der Waals surface area (Å²) in [5, 5.41) is 0. The van der Waals surface area contributed by atoms with Crippen molar-refractivity contribution in [3.63, 3.8) is 0 Å². The Balaban J connectivity index is 1.48. The molecule has 1 saturated carbocycles. The first-order valence-electron chi connectivity index (χ1n) is 10.8. The first-order valence-corrected chi connectivity index (χ1v) is 10.8. The number of nitrogens with zero attached hydrogens (tertiary/aromatic N) is 2. The van der Waals surface area contributed by atoms with Crippen LogP contribution in [0.3, 0.4) is 0 Å². The second-order valence-corrected chi connectivity index (χ2v) is 8.67. The number of amides is 1. The molecule has 5 rings (SSSR count). The van der Waals surface area contributed by atoms with Crippen LogP contribution >= 0.6 is 0 Å². The molecule has 0 N–H and O–H groups in total. The van der Waals surface area contributed by atoms with Gasteiger partial charge in [-0.05, 0) is 59.7 Å². The number of rotatable bonds is 4. The van der Waals surface area contributed by atoms with E-state index in [9.17, 15) is 18.0 Å². The summed E-state index contributed by atoms with van der Waals surface area (Å²) in [7, 11) is 0.